The molecule has 0 unspecified atom stereocenters. The van der Waals surface area contributed by atoms with Crippen molar-refractivity contribution in [1.29, 1.82) is 0 Å². The van der Waals surface area contributed by atoms with Crippen LogP contribution in [0.2, 0.25) is 0 Å². The van der Waals surface area contributed by atoms with E-state index in [1.807, 2.05) is 19.9 Å². The molecule has 0 radical (unpaired) electrons. The van der Waals surface area contributed by atoms with E-state index in [1.54, 1.807) is 0 Å². The van der Waals surface area contributed by atoms with Gasteiger partial charge in [0.05, 0.1) is 6.26 Å². The van der Waals surface area contributed by atoms with Gasteiger partial charge in [-0.05, 0) is 23.5 Å². The Bertz CT molecular complexity index is 334. The minimum atomic E-state index is -0.193. The van der Waals surface area contributed by atoms with E-state index >= 15 is 0 Å². The summed E-state index contributed by atoms with van der Waals surface area (Å²) >= 11 is 0. The first-order chi connectivity index (χ1) is 6.04. The van der Waals surface area contributed by atoms with Crippen LogP contribution in [0.5, 0.6) is 0 Å². The number of hydrogen-bond acceptors (Lipinski definition) is 2. The molecular formula is C11H16O2. The van der Waals surface area contributed by atoms with Crippen LogP contribution in [-0.4, -0.2) is 0 Å². The molecule has 0 saturated carbocycles. The Morgan fingerprint density at radius 2 is 1.77 bits per heavy atom. The van der Waals surface area contributed by atoms with Gasteiger partial charge in [0.2, 0.25) is 0 Å². The predicted molar refractivity (Wildman–Crippen MR) is 53.2 cm³/mol. The molecule has 0 aromatic carbocycles. The lowest BCUT2D eigenvalue weighted by Crippen LogP contribution is -2.13. The second-order valence-corrected chi connectivity index (χ2v) is 3.89. The van der Waals surface area contributed by atoms with Crippen LogP contribution in [0.3, 0.4) is 0 Å². The van der Waals surface area contributed by atoms with Crippen molar-refractivity contribution in [2.24, 2.45) is 0 Å². The number of hydrogen-bond donors (Lipinski definition) is 0. The summed E-state index contributed by atoms with van der Waals surface area (Å²) in [5.74, 6) is 0.608. The predicted octanol–water partition coefficient (Wildman–Crippen LogP) is 2.89. The molecular weight excluding hydrogens is 164 g/mol. The van der Waals surface area contributed by atoms with Crippen LogP contribution in [0.15, 0.2) is 21.5 Å². The zero-order chi connectivity index (χ0) is 10.0. The summed E-state index contributed by atoms with van der Waals surface area (Å²) in [6.07, 6.45) is 1.48. The van der Waals surface area contributed by atoms with Gasteiger partial charge in [-0.3, -0.25) is 0 Å². The first-order valence-corrected chi connectivity index (χ1v) is 4.65. The van der Waals surface area contributed by atoms with Crippen molar-refractivity contribution < 1.29 is 4.42 Å². The lowest BCUT2D eigenvalue weighted by Gasteiger charge is -2.12. The highest BCUT2D eigenvalue weighted by molar-refractivity contribution is 5.27. The zero-order valence-electron chi connectivity index (χ0n) is 8.63. The maximum Gasteiger partial charge on any atom is 0.339 e. The molecule has 1 aromatic heterocycles. The zero-order valence-corrected chi connectivity index (χ0v) is 8.63. The fraction of sp³-hybridized carbons (Fsp3) is 0.545. The fourth-order valence-electron chi connectivity index (χ4n) is 1.51. The first kappa shape index (κ1) is 10.0. The highest BCUT2D eigenvalue weighted by Crippen LogP contribution is 2.22. The molecule has 0 N–H and O–H groups in total. The van der Waals surface area contributed by atoms with E-state index < -0.39 is 0 Å². The topological polar surface area (TPSA) is 30.2 Å². The monoisotopic (exact) mass is 180 g/mol. The van der Waals surface area contributed by atoms with Crippen LogP contribution in [0.1, 0.15) is 50.7 Å². The molecule has 2 nitrogen and oxygen atoms in total. The minimum Gasteiger partial charge on any atom is -0.431 e. The van der Waals surface area contributed by atoms with Gasteiger partial charge in [-0.25, -0.2) is 4.79 Å². The molecule has 0 bridgehead atoms. The van der Waals surface area contributed by atoms with Crippen molar-refractivity contribution in [2.75, 3.05) is 0 Å². The molecule has 0 fully saturated rings. The summed E-state index contributed by atoms with van der Waals surface area (Å²) in [6, 6.07) is 1.89. The molecule has 1 heterocycles. The standard InChI is InChI=1S/C11H16O2/c1-7(2)9-5-6-13-11(12)10(9)8(3)4/h5-8H,1-4H3. The van der Waals surface area contributed by atoms with Crippen LogP contribution >= 0.6 is 0 Å². The van der Waals surface area contributed by atoms with E-state index in [4.69, 9.17) is 4.42 Å². The van der Waals surface area contributed by atoms with E-state index in [0.717, 1.165) is 11.1 Å². The summed E-state index contributed by atoms with van der Waals surface area (Å²) < 4.78 is 4.85. The summed E-state index contributed by atoms with van der Waals surface area (Å²) in [5.41, 5.74) is 1.73. The van der Waals surface area contributed by atoms with Crippen LogP contribution in [0.25, 0.3) is 0 Å². The van der Waals surface area contributed by atoms with E-state index in [2.05, 4.69) is 13.8 Å². The Morgan fingerprint density at radius 1 is 1.15 bits per heavy atom. The average Bonchev–Trinajstić information content (AvgIpc) is 2.02. The van der Waals surface area contributed by atoms with Crippen molar-refractivity contribution in [2.45, 2.75) is 39.5 Å². The highest BCUT2D eigenvalue weighted by Gasteiger charge is 2.14. The van der Waals surface area contributed by atoms with E-state index in [-0.39, 0.29) is 11.5 Å². The highest BCUT2D eigenvalue weighted by atomic mass is 16.4. The Labute approximate surface area is 78.6 Å². The van der Waals surface area contributed by atoms with Gasteiger partial charge in [0.25, 0.3) is 0 Å². The molecule has 0 amide bonds. The van der Waals surface area contributed by atoms with Crippen LogP contribution in [-0.2, 0) is 0 Å². The largest absolute Gasteiger partial charge is 0.431 e. The third kappa shape index (κ3) is 2.00. The Morgan fingerprint density at radius 3 is 2.15 bits per heavy atom. The quantitative estimate of drug-likeness (QED) is 0.700. The Hall–Kier alpha value is -1.05. The van der Waals surface area contributed by atoms with Crippen LogP contribution < -0.4 is 5.63 Å². The van der Waals surface area contributed by atoms with Crippen LogP contribution in [0.4, 0.5) is 0 Å². The third-order valence-corrected chi connectivity index (χ3v) is 2.15. The Balaban J connectivity index is 3.35. The van der Waals surface area contributed by atoms with Gasteiger partial charge < -0.3 is 4.42 Å². The maximum absolute atomic E-state index is 11.4. The van der Waals surface area contributed by atoms with Crippen molar-refractivity contribution in [1.82, 2.24) is 0 Å². The van der Waals surface area contributed by atoms with Gasteiger partial charge in [-0.1, -0.05) is 27.7 Å². The summed E-state index contributed by atoms with van der Waals surface area (Å²) in [7, 11) is 0. The minimum absolute atomic E-state index is 0.193. The maximum atomic E-state index is 11.4. The lowest BCUT2D eigenvalue weighted by molar-refractivity contribution is 0.490. The van der Waals surface area contributed by atoms with Gasteiger partial charge >= 0.3 is 5.63 Å². The van der Waals surface area contributed by atoms with Crippen molar-refractivity contribution in [3.63, 3.8) is 0 Å². The van der Waals surface area contributed by atoms with E-state index in [0.29, 0.717) is 5.92 Å². The van der Waals surface area contributed by atoms with Crippen molar-refractivity contribution in [3.05, 3.63) is 33.9 Å². The number of rotatable bonds is 2. The van der Waals surface area contributed by atoms with Gasteiger partial charge in [-0.15, -0.1) is 0 Å². The molecule has 0 saturated heterocycles. The molecule has 0 atom stereocenters. The third-order valence-electron chi connectivity index (χ3n) is 2.15. The summed E-state index contributed by atoms with van der Waals surface area (Å²) in [6.45, 7) is 8.19. The second kappa shape index (κ2) is 3.77. The fourth-order valence-corrected chi connectivity index (χ4v) is 1.51. The van der Waals surface area contributed by atoms with Crippen LogP contribution in [0, 0.1) is 0 Å². The molecule has 0 aliphatic heterocycles. The molecule has 13 heavy (non-hydrogen) atoms. The van der Waals surface area contributed by atoms with Gasteiger partial charge in [0, 0.05) is 5.56 Å². The second-order valence-electron chi connectivity index (χ2n) is 3.89. The molecule has 0 spiro atoms. The normalized spacial score (nSPS) is 11.2. The van der Waals surface area contributed by atoms with E-state index in [1.165, 1.54) is 6.26 Å². The summed E-state index contributed by atoms with van der Waals surface area (Å²) in [4.78, 5) is 11.4. The molecule has 0 aliphatic rings. The molecule has 1 rings (SSSR count). The van der Waals surface area contributed by atoms with E-state index in [9.17, 15) is 4.79 Å². The Kier molecular flexibility index (Phi) is 2.91. The van der Waals surface area contributed by atoms with Gasteiger partial charge in [-0.2, -0.15) is 0 Å². The lowest BCUT2D eigenvalue weighted by atomic mass is 9.93. The molecule has 2 heteroatoms. The molecule has 0 aliphatic carbocycles. The van der Waals surface area contributed by atoms with Crippen molar-refractivity contribution >= 4 is 0 Å². The molecule has 72 valence electrons. The smallest absolute Gasteiger partial charge is 0.339 e. The van der Waals surface area contributed by atoms with Crippen molar-refractivity contribution in [3.8, 4) is 0 Å². The average molecular weight is 180 g/mol. The SMILES string of the molecule is CC(C)c1ccoc(=O)c1C(C)C. The van der Waals surface area contributed by atoms with Gasteiger partial charge in [0.15, 0.2) is 0 Å². The molecule has 1 aromatic rings. The van der Waals surface area contributed by atoms with Gasteiger partial charge in [0.1, 0.15) is 0 Å². The summed E-state index contributed by atoms with van der Waals surface area (Å²) in [5, 5.41) is 0. The first-order valence-electron chi connectivity index (χ1n) is 4.65.